The van der Waals surface area contributed by atoms with E-state index in [1.54, 1.807) is 11.3 Å². The fraction of sp³-hybridized carbons (Fsp3) is 0.615. The Labute approximate surface area is 136 Å². The van der Waals surface area contributed by atoms with Gasteiger partial charge < -0.3 is 10.3 Å². The van der Waals surface area contributed by atoms with Crippen molar-refractivity contribution in [1.82, 2.24) is 15.1 Å². The summed E-state index contributed by atoms with van der Waals surface area (Å²) in [7, 11) is 0. The lowest BCUT2D eigenvalue weighted by Crippen LogP contribution is -2.22. The summed E-state index contributed by atoms with van der Waals surface area (Å²) in [5.41, 5.74) is 6.31. The van der Waals surface area contributed by atoms with Crippen LogP contribution in [0.25, 0.3) is 11.6 Å². The Balaban J connectivity index is 1.73. The lowest BCUT2D eigenvalue weighted by Gasteiger charge is -2.29. The Hall–Kier alpha value is -0.570. The molecule has 0 spiro atoms. The minimum Gasteiger partial charge on any atom is -0.332 e. The number of nitrogens with zero attached hydrogens (tertiary/aromatic N) is 3. The minimum atomic E-state index is 0.306. The van der Waals surface area contributed by atoms with E-state index in [0.717, 1.165) is 28.7 Å². The summed E-state index contributed by atoms with van der Waals surface area (Å²) < 4.78 is 5.39. The molecule has 3 rings (SSSR count). The number of rotatable bonds is 4. The molecule has 1 fully saturated rings. The van der Waals surface area contributed by atoms with Gasteiger partial charge in [-0.25, -0.2) is 4.98 Å². The van der Waals surface area contributed by atoms with Crippen LogP contribution in [0.15, 0.2) is 9.90 Å². The second-order valence-electron chi connectivity index (χ2n) is 4.99. The highest BCUT2D eigenvalue weighted by molar-refractivity contribution is 8.07. The van der Waals surface area contributed by atoms with E-state index in [2.05, 4.69) is 29.0 Å². The van der Waals surface area contributed by atoms with Gasteiger partial charge in [-0.3, -0.25) is 0 Å². The van der Waals surface area contributed by atoms with Crippen molar-refractivity contribution in [2.45, 2.75) is 36.0 Å². The Morgan fingerprint density at radius 2 is 2.19 bits per heavy atom. The van der Waals surface area contributed by atoms with Crippen LogP contribution in [0.3, 0.4) is 0 Å². The van der Waals surface area contributed by atoms with E-state index in [0.29, 0.717) is 28.2 Å². The van der Waals surface area contributed by atoms with Crippen molar-refractivity contribution < 1.29 is 4.52 Å². The minimum absolute atomic E-state index is 0.306. The molecule has 1 aliphatic heterocycles. The van der Waals surface area contributed by atoms with E-state index in [4.69, 9.17) is 10.3 Å². The van der Waals surface area contributed by atoms with Crippen LogP contribution >= 0.6 is 34.9 Å². The van der Waals surface area contributed by atoms with Crippen molar-refractivity contribution in [2.24, 2.45) is 5.73 Å². The van der Waals surface area contributed by atoms with Gasteiger partial charge in [0.1, 0.15) is 5.69 Å². The summed E-state index contributed by atoms with van der Waals surface area (Å²) >= 11 is 5.49. The number of aromatic nitrogens is 3. The topological polar surface area (TPSA) is 77.8 Å². The first-order valence-electron chi connectivity index (χ1n) is 6.93. The van der Waals surface area contributed by atoms with Gasteiger partial charge in [0, 0.05) is 28.1 Å². The zero-order valence-electron chi connectivity index (χ0n) is 12.0. The van der Waals surface area contributed by atoms with Crippen LogP contribution < -0.4 is 5.73 Å². The normalized spacial score (nSPS) is 26.1. The third-order valence-corrected chi connectivity index (χ3v) is 7.70. The molecule has 8 heteroatoms. The van der Waals surface area contributed by atoms with Gasteiger partial charge in [0.25, 0.3) is 5.89 Å². The quantitative estimate of drug-likeness (QED) is 0.915. The van der Waals surface area contributed by atoms with Crippen LogP contribution in [-0.2, 0) is 6.42 Å². The van der Waals surface area contributed by atoms with Gasteiger partial charge in [-0.2, -0.15) is 16.7 Å². The molecule has 0 radical (unpaired) electrons. The van der Waals surface area contributed by atoms with Crippen LogP contribution in [0, 0.1) is 0 Å². The van der Waals surface area contributed by atoms with Crippen molar-refractivity contribution in [3.05, 3.63) is 16.2 Å². The molecule has 1 saturated heterocycles. The van der Waals surface area contributed by atoms with Crippen LogP contribution in [-0.4, -0.2) is 37.9 Å². The van der Waals surface area contributed by atoms with Gasteiger partial charge in [0.2, 0.25) is 0 Å². The van der Waals surface area contributed by atoms with Gasteiger partial charge in [-0.1, -0.05) is 19.0 Å². The summed E-state index contributed by atoms with van der Waals surface area (Å²) in [4.78, 5) is 9.02. The molecular formula is C13H18N4OS3. The standard InChI is InChI=1S/C13H18N4OS3/c1-7-8(2)21-10(6-19-7)12-16-13(18-17-12)9-5-20-11(15-9)3-4-14/h5,7-8,10H,3-4,6,14H2,1-2H3. The molecule has 21 heavy (non-hydrogen) atoms. The second-order valence-corrected chi connectivity index (χ2v) is 8.93. The van der Waals surface area contributed by atoms with Crippen LogP contribution in [0.2, 0.25) is 0 Å². The van der Waals surface area contributed by atoms with Gasteiger partial charge in [0.15, 0.2) is 5.82 Å². The molecule has 2 aromatic heterocycles. The molecule has 2 aromatic rings. The number of thioether (sulfide) groups is 2. The van der Waals surface area contributed by atoms with Gasteiger partial charge in [-0.05, 0) is 6.54 Å². The molecule has 0 amide bonds. The van der Waals surface area contributed by atoms with E-state index in [9.17, 15) is 0 Å². The van der Waals surface area contributed by atoms with E-state index >= 15 is 0 Å². The first-order valence-corrected chi connectivity index (χ1v) is 9.80. The lowest BCUT2D eigenvalue weighted by molar-refractivity contribution is 0.422. The Kier molecular flexibility index (Phi) is 4.88. The predicted molar refractivity (Wildman–Crippen MR) is 89.9 cm³/mol. The largest absolute Gasteiger partial charge is 0.332 e. The molecule has 114 valence electrons. The van der Waals surface area contributed by atoms with E-state index < -0.39 is 0 Å². The van der Waals surface area contributed by atoms with Gasteiger partial charge in [0.05, 0.1) is 10.3 Å². The molecule has 0 aromatic carbocycles. The molecule has 3 unspecified atom stereocenters. The SMILES string of the molecule is CC1SCC(c2noc(-c3csc(CCN)n3)n2)SC1C. The summed E-state index contributed by atoms with van der Waals surface area (Å²) in [6.07, 6.45) is 0.788. The first kappa shape index (κ1) is 15.3. The molecule has 3 atom stereocenters. The number of nitrogens with two attached hydrogens (primary N) is 1. The van der Waals surface area contributed by atoms with Crippen LogP contribution in [0.5, 0.6) is 0 Å². The van der Waals surface area contributed by atoms with Crippen molar-refractivity contribution in [2.75, 3.05) is 12.3 Å². The summed E-state index contributed by atoms with van der Waals surface area (Å²) in [6.45, 7) is 5.14. The maximum Gasteiger partial charge on any atom is 0.277 e. The number of hydrogen-bond donors (Lipinski definition) is 1. The third-order valence-electron chi connectivity index (χ3n) is 3.41. The fourth-order valence-electron chi connectivity index (χ4n) is 2.04. The highest BCUT2D eigenvalue weighted by Crippen LogP contribution is 2.43. The highest BCUT2D eigenvalue weighted by atomic mass is 32.2. The summed E-state index contributed by atoms with van der Waals surface area (Å²) in [6, 6.07) is 0. The molecule has 2 N–H and O–H groups in total. The molecule has 1 aliphatic rings. The van der Waals surface area contributed by atoms with E-state index in [-0.39, 0.29) is 0 Å². The molecule has 0 saturated carbocycles. The predicted octanol–water partition coefficient (Wildman–Crippen LogP) is 2.99. The van der Waals surface area contributed by atoms with Gasteiger partial charge in [-0.15, -0.1) is 23.1 Å². The molecule has 0 aliphatic carbocycles. The van der Waals surface area contributed by atoms with Crippen LogP contribution in [0.4, 0.5) is 0 Å². The monoisotopic (exact) mass is 342 g/mol. The molecule has 5 nitrogen and oxygen atoms in total. The van der Waals surface area contributed by atoms with E-state index in [1.807, 2.05) is 28.9 Å². The second kappa shape index (κ2) is 6.68. The Morgan fingerprint density at radius 3 is 2.95 bits per heavy atom. The van der Waals surface area contributed by atoms with Crippen molar-refractivity contribution in [3.8, 4) is 11.6 Å². The maximum atomic E-state index is 5.54. The molecule has 3 heterocycles. The molecule has 0 bridgehead atoms. The van der Waals surface area contributed by atoms with Gasteiger partial charge >= 0.3 is 0 Å². The number of hydrogen-bond acceptors (Lipinski definition) is 8. The molecular weight excluding hydrogens is 324 g/mol. The van der Waals surface area contributed by atoms with Crippen molar-refractivity contribution >= 4 is 34.9 Å². The van der Waals surface area contributed by atoms with Crippen molar-refractivity contribution in [3.63, 3.8) is 0 Å². The maximum absolute atomic E-state index is 5.54. The zero-order chi connectivity index (χ0) is 14.8. The highest BCUT2D eigenvalue weighted by Gasteiger charge is 2.30. The van der Waals surface area contributed by atoms with Crippen molar-refractivity contribution in [1.29, 1.82) is 0 Å². The number of thiazole rings is 1. The first-order chi connectivity index (χ1) is 10.2. The zero-order valence-corrected chi connectivity index (χ0v) is 14.4. The Bertz CT molecular complexity index is 600. The van der Waals surface area contributed by atoms with E-state index in [1.165, 1.54) is 0 Å². The Morgan fingerprint density at radius 1 is 1.33 bits per heavy atom. The third kappa shape index (κ3) is 3.44. The summed E-state index contributed by atoms with van der Waals surface area (Å²) in [5, 5.41) is 8.70. The average molecular weight is 343 g/mol. The average Bonchev–Trinajstić information content (AvgIpc) is 3.11. The summed E-state index contributed by atoms with van der Waals surface area (Å²) in [5.74, 6) is 2.33. The lowest BCUT2D eigenvalue weighted by atomic mass is 10.3. The smallest absolute Gasteiger partial charge is 0.277 e. The van der Waals surface area contributed by atoms with Crippen LogP contribution in [0.1, 0.15) is 29.9 Å². The fourth-order valence-corrected chi connectivity index (χ4v) is 5.66.